The van der Waals surface area contributed by atoms with Crippen LogP contribution in [0.4, 0.5) is 4.39 Å². The maximum Gasteiger partial charge on any atom is 0.224 e. The zero-order chi connectivity index (χ0) is 19.4. The molecule has 0 heterocycles. The summed E-state index contributed by atoms with van der Waals surface area (Å²) in [4.78, 5) is 18.3. The molecule has 146 valence electrons. The molecule has 0 saturated heterocycles. The Morgan fingerprint density at radius 3 is 2.42 bits per heavy atom. The number of carbonyl (C=O) groups excluding carboxylic acids is 1. The lowest BCUT2D eigenvalue weighted by molar-refractivity contribution is -0.130. The molecule has 0 bridgehead atoms. The first-order valence-electron chi connectivity index (χ1n) is 9.22. The first-order chi connectivity index (χ1) is 12.5. The molecular formula is C19H31FN4O2. The van der Waals surface area contributed by atoms with Crippen molar-refractivity contribution in [3.63, 3.8) is 0 Å². The Balaban J connectivity index is 2.46. The molecule has 1 amide bonds. The first-order valence-corrected chi connectivity index (χ1v) is 9.22. The summed E-state index contributed by atoms with van der Waals surface area (Å²) in [5.41, 5.74) is 0. The van der Waals surface area contributed by atoms with Gasteiger partial charge in [-0.05, 0) is 52.0 Å². The van der Waals surface area contributed by atoms with Gasteiger partial charge in [0.15, 0.2) is 5.96 Å². The number of nitrogens with zero attached hydrogens (tertiary/aromatic N) is 2. The molecule has 0 fully saturated rings. The Hall–Kier alpha value is -2.31. The number of carbonyl (C=O) groups is 1. The van der Waals surface area contributed by atoms with Crippen LogP contribution in [0.25, 0.3) is 0 Å². The fourth-order valence-electron chi connectivity index (χ4n) is 2.37. The second kappa shape index (κ2) is 12.1. The Kier molecular flexibility index (Phi) is 10.1. The number of aliphatic imine (C=N–C) groups is 1. The number of hydrogen-bond acceptors (Lipinski definition) is 3. The Labute approximate surface area is 155 Å². The minimum Gasteiger partial charge on any atom is -0.489 e. The van der Waals surface area contributed by atoms with E-state index in [1.165, 1.54) is 12.1 Å². The average molecular weight is 366 g/mol. The minimum atomic E-state index is -0.291. The monoisotopic (exact) mass is 366 g/mol. The molecular weight excluding hydrogens is 335 g/mol. The molecule has 1 aromatic carbocycles. The zero-order valence-electron chi connectivity index (χ0n) is 16.2. The van der Waals surface area contributed by atoms with E-state index in [0.29, 0.717) is 31.2 Å². The summed E-state index contributed by atoms with van der Waals surface area (Å²) in [6.45, 7) is 11.0. The molecule has 0 radical (unpaired) electrons. The molecule has 0 aromatic heterocycles. The van der Waals surface area contributed by atoms with Gasteiger partial charge in [-0.2, -0.15) is 0 Å². The highest BCUT2D eigenvalue weighted by molar-refractivity contribution is 5.81. The molecule has 7 heteroatoms. The third-order valence-electron chi connectivity index (χ3n) is 3.75. The summed E-state index contributed by atoms with van der Waals surface area (Å²) in [7, 11) is 0. The van der Waals surface area contributed by atoms with Crippen molar-refractivity contribution < 1.29 is 13.9 Å². The minimum absolute atomic E-state index is 0.131. The van der Waals surface area contributed by atoms with E-state index in [4.69, 9.17) is 4.74 Å². The lowest BCUT2D eigenvalue weighted by Gasteiger charge is -2.19. The average Bonchev–Trinajstić information content (AvgIpc) is 2.62. The van der Waals surface area contributed by atoms with Crippen LogP contribution in [-0.4, -0.2) is 55.6 Å². The molecule has 1 aromatic rings. The van der Waals surface area contributed by atoms with Crippen molar-refractivity contribution in [3.8, 4) is 5.75 Å². The molecule has 0 aliphatic heterocycles. The number of ether oxygens (including phenoxy) is 1. The molecule has 1 unspecified atom stereocenters. The van der Waals surface area contributed by atoms with Crippen molar-refractivity contribution >= 4 is 11.9 Å². The first kappa shape index (κ1) is 21.7. The smallest absolute Gasteiger partial charge is 0.224 e. The number of hydrogen-bond donors (Lipinski definition) is 2. The maximum atomic E-state index is 12.9. The number of amides is 1. The van der Waals surface area contributed by atoms with E-state index < -0.39 is 0 Å². The van der Waals surface area contributed by atoms with Gasteiger partial charge in [0.2, 0.25) is 5.91 Å². The lowest BCUT2D eigenvalue weighted by atomic mass is 10.3. The van der Waals surface area contributed by atoms with Crippen molar-refractivity contribution in [1.82, 2.24) is 15.5 Å². The molecule has 1 rings (SSSR count). The van der Waals surface area contributed by atoms with Crippen molar-refractivity contribution in [3.05, 3.63) is 30.1 Å². The van der Waals surface area contributed by atoms with Gasteiger partial charge < -0.3 is 20.3 Å². The van der Waals surface area contributed by atoms with Gasteiger partial charge in [0.25, 0.3) is 0 Å². The number of guanidine groups is 1. The van der Waals surface area contributed by atoms with Gasteiger partial charge in [-0.3, -0.25) is 4.79 Å². The largest absolute Gasteiger partial charge is 0.489 e. The molecule has 0 spiro atoms. The third-order valence-corrected chi connectivity index (χ3v) is 3.75. The quantitative estimate of drug-likeness (QED) is 0.493. The normalized spacial score (nSPS) is 12.4. The second-order valence-electron chi connectivity index (χ2n) is 5.84. The second-order valence-corrected chi connectivity index (χ2v) is 5.84. The molecule has 26 heavy (non-hydrogen) atoms. The Bertz CT molecular complexity index is 559. The van der Waals surface area contributed by atoms with E-state index in [2.05, 4.69) is 15.6 Å². The molecule has 0 aliphatic carbocycles. The molecule has 6 nitrogen and oxygen atoms in total. The van der Waals surface area contributed by atoms with E-state index in [-0.39, 0.29) is 17.8 Å². The van der Waals surface area contributed by atoms with Crippen molar-refractivity contribution in [2.75, 3.05) is 32.7 Å². The predicted molar refractivity (Wildman–Crippen MR) is 103 cm³/mol. The van der Waals surface area contributed by atoms with Crippen molar-refractivity contribution in [2.45, 2.75) is 40.2 Å². The van der Waals surface area contributed by atoms with Crippen LogP contribution in [-0.2, 0) is 4.79 Å². The van der Waals surface area contributed by atoms with Crippen LogP contribution in [0.2, 0.25) is 0 Å². The number of halogens is 1. The van der Waals surface area contributed by atoms with Crippen LogP contribution in [0.15, 0.2) is 29.3 Å². The van der Waals surface area contributed by atoms with Crippen molar-refractivity contribution in [1.29, 1.82) is 0 Å². The standard InChI is InChI=1S/C19H31FN4O2/c1-5-21-19(22-13-12-18(25)24(6-2)7-3)23-14-15(4)26-17-10-8-16(20)9-11-17/h8-11,15H,5-7,12-14H2,1-4H3,(H2,21,22,23). The van der Waals surface area contributed by atoms with Gasteiger partial charge >= 0.3 is 0 Å². The maximum absolute atomic E-state index is 12.9. The summed E-state index contributed by atoms with van der Waals surface area (Å²) in [6, 6.07) is 5.92. The SMILES string of the molecule is CCNC(=NCC(C)Oc1ccc(F)cc1)NCCC(=O)N(CC)CC. The van der Waals surface area contributed by atoms with Gasteiger partial charge in [-0.15, -0.1) is 0 Å². The highest BCUT2D eigenvalue weighted by Crippen LogP contribution is 2.13. The van der Waals surface area contributed by atoms with Crippen LogP contribution < -0.4 is 15.4 Å². The zero-order valence-corrected chi connectivity index (χ0v) is 16.2. The summed E-state index contributed by atoms with van der Waals surface area (Å²) in [5, 5.41) is 6.32. The topological polar surface area (TPSA) is 66.0 Å². The van der Waals surface area contributed by atoms with Crippen LogP contribution in [0.3, 0.4) is 0 Å². The Morgan fingerprint density at radius 2 is 1.85 bits per heavy atom. The summed E-state index contributed by atoms with van der Waals surface area (Å²) < 4.78 is 18.6. The highest BCUT2D eigenvalue weighted by Gasteiger charge is 2.09. The van der Waals surface area contributed by atoms with Crippen LogP contribution in [0, 0.1) is 5.82 Å². The van der Waals surface area contributed by atoms with Crippen LogP contribution >= 0.6 is 0 Å². The fourth-order valence-corrected chi connectivity index (χ4v) is 2.37. The lowest BCUT2D eigenvalue weighted by Crippen LogP contribution is -2.40. The summed E-state index contributed by atoms with van der Waals surface area (Å²) in [5.74, 6) is 1.10. The third kappa shape index (κ3) is 8.18. The summed E-state index contributed by atoms with van der Waals surface area (Å²) >= 11 is 0. The molecule has 0 aliphatic rings. The Morgan fingerprint density at radius 1 is 1.19 bits per heavy atom. The molecule has 0 saturated carbocycles. The summed E-state index contributed by atoms with van der Waals surface area (Å²) in [6.07, 6.45) is 0.265. The number of benzene rings is 1. The van der Waals surface area contributed by atoms with Crippen LogP contribution in [0.1, 0.15) is 34.1 Å². The van der Waals surface area contributed by atoms with Gasteiger partial charge in [-0.1, -0.05) is 0 Å². The van der Waals surface area contributed by atoms with Gasteiger partial charge in [-0.25, -0.2) is 9.38 Å². The van der Waals surface area contributed by atoms with E-state index in [0.717, 1.165) is 19.6 Å². The van der Waals surface area contributed by atoms with E-state index in [1.54, 1.807) is 12.1 Å². The van der Waals surface area contributed by atoms with E-state index >= 15 is 0 Å². The number of nitrogens with one attached hydrogen (secondary N) is 2. The van der Waals surface area contributed by atoms with Gasteiger partial charge in [0.1, 0.15) is 17.7 Å². The molecule has 1 atom stereocenters. The van der Waals surface area contributed by atoms with Gasteiger partial charge in [0.05, 0.1) is 6.54 Å². The highest BCUT2D eigenvalue weighted by atomic mass is 19.1. The van der Waals surface area contributed by atoms with E-state index in [9.17, 15) is 9.18 Å². The van der Waals surface area contributed by atoms with Gasteiger partial charge in [0, 0.05) is 32.6 Å². The molecule has 2 N–H and O–H groups in total. The predicted octanol–water partition coefficient (Wildman–Crippen LogP) is 2.41. The van der Waals surface area contributed by atoms with Crippen LogP contribution in [0.5, 0.6) is 5.75 Å². The van der Waals surface area contributed by atoms with Crippen molar-refractivity contribution in [2.24, 2.45) is 4.99 Å². The number of rotatable bonds is 10. The fraction of sp³-hybridized carbons (Fsp3) is 0.579. The van der Waals surface area contributed by atoms with E-state index in [1.807, 2.05) is 32.6 Å².